The number of hydrogen-bond acceptors (Lipinski definition) is 4. The summed E-state index contributed by atoms with van der Waals surface area (Å²) in [6.07, 6.45) is 0. The highest BCUT2D eigenvalue weighted by molar-refractivity contribution is 7.92. The van der Waals surface area contributed by atoms with Crippen molar-refractivity contribution < 1.29 is 13.2 Å². The Balaban J connectivity index is 2.79. The molecule has 1 aromatic rings. The van der Waals surface area contributed by atoms with Gasteiger partial charge in [-0.25, -0.2) is 8.42 Å². The van der Waals surface area contributed by atoms with Crippen molar-refractivity contribution in [1.29, 1.82) is 0 Å². The summed E-state index contributed by atoms with van der Waals surface area (Å²) in [6, 6.07) is 6.84. The van der Waals surface area contributed by atoms with Gasteiger partial charge in [0.25, 0.3) is 0 Å². The minimum absolute atomic E-state index is 0.0811. The second-order valence-electron chi connectivity index (χ2n) is 3.50. The Bertz CT molecular complexity index is 544. The number of benzene rings is 1. The van der Waals surface area contributed by atoms with Crippen LogP contribution in [0.25, 0.3) is 0 Å². The van der Waals surface area contributed by atoms with Gasteiger partial charge in [0.15, 0.2) is 0 Å². The van der Waals surface area contributed by atoms with E-state index < -0.39 is 10.0 Å². The van der Waals surface area contributed by atoms with Crippen LogP contribution in [0.15, 0.2) is 24.3 Å². The van der Waals surface area contributed by atoms with Gasteiger partial charge in [0.1, 0.15) is 0 Å². The van der Waals surface area contributed by atoms with Crippen LogP contribution >= 0.6 is 0 Å². The first kappa shape index (κ1) is 14.5. The predicted molar refractivity (Wildman–Crippen MR) is 71.7 cm³/mol. The van der Waals surface area contributed by atoms with Crippen molar-refractivity contribution in [2.75, 3.05) is 30.7 Å². The quantitative estimate of drug-likeness (QED) is 0.757. The summed E-state index contributed by atoms with van der Waals surface area (Å²) in [5.41, 5.74) is 6.47. The fourth-order valence-electron chi connectivity index (χ4n) is 1.24. The number of nitrogens with one attached hydrogen (secondary N) is 1. The zero-order valence-electron chi connectivity index (χ0n) is 10.1. The number of sulfonamides is 1. The lowest BCUT2D eigenvalue weighted by Gasteiger charge is -2.07. The number of hydrogen-bond donors (Lipinski definition) is 2. The Morgan fingerprint density at radius 3 is 2.89 bits per heavy atom. The molecule has 0 saturated carbocycles. The predicted octanol–water partition coefficient (Wildman–Crippen LogP) is 0.385. The first-order valence-corrected chi connectivity index (χ1v) is 7.01. The average molecular weight is 268 g/mol. The van der Waals surface area contributed by atoms with Crippen molar-refractivity contribution in [3.05, 3.63) is 29.8 Å². The molecule has 0 fully saturated rings. The van der Waals surface area contributed by atoms with Crippen molar-refractivity contribution in [3.8, 4) is 11.8 Å². The van der Waals surface area contributed by atoms with Crippen LogP contribution in [0.2, 0.25) is 0 Å². The average Bonchev–Trinajstić information content (AvgIpc) is 2.34. The zero-order chi connectivity index (χ0) is 13.4. The maximum absolute atomic E-state index is 11.6. The summed E-state index contributed by atoms with van der Waals surface area (Å²) in [5, 5.41) is 0. The fourth-order valence-corrected chi connectivity index (χ4v) is 2.21. The number of nitrogens with two attached hydrogens (primary N) is 1. The third-order valence-electron chi connectivity index (χ3n) is 2.03. The van der Waals surface area contributed by atoms with Gasteiger partial charge in [-0.3, -0.25) is 4.72 Å². The summed E-state index contributed by atoms with van der Waals surface area (Å²) in [6.45, 7) is 0.422. The standard InChI is InChI=1S/C12H16N2O3S/c1-17-8-9-18(15,16)14-12-6-2-4-11(10-12)5-3-7-13/h2,4,6,10,14H,7-9,13H2,1H3. The van der Waals surface area contributed by atoms with E-state index in [1.165, 1.54) is 7.11 Å². The van der Waals surface area contributed by atoms with Gasteiger partial charge in [-0.05, 0) is 18.2 Å². The molecule has 0 amide bonds. The summed E-state index contributed by atoms with van der Waals surface area (Å²) in [7, 11) is -1.93. The van der Waals surface area contributed by atoms with Crippen molar-refractivity contribution in [2.24, 2.45) is 5.73 Å². The molecule has 0 aliphatic heterocycles. The maximum atomic E-state index is 11.6. The van der Waals surface area contributed by atoms with Gasteiger partial charge in [0.2, 0.25) is 10.0 Å². The molecule has 0 aromatic heterocycles. The van der Waals surface area contributed by atoms with Gasteiger partial charge in [-0.2, -0.15) is 0 Å². The molecule has 0 bridgehead atoms. The molecule has 18 heavy (non-hydrogen) atoms. The molecule has 0 atom stereocenters. The molecule has 98 valence electrons. The molecule has 1 rings (SSSR count). The monoisotopic (exact) mass is 268 g/mol. The van der Waals surface area contributed by atoms with Crippen molar-refractivity contribution >= 4 is 15.7 Å². The van der Waals surface area contributed by atoms with Gasteiger partial charge in [0, 0.05) is 18.4 Å². The second kappa shape index (κ2) is 7.01. The van der Waals surface area contributed by atoms with E-state index in [1.807, 2.05) is 0 Å². The van der Waals surface area contributed by atoms with E-state index in [4.69, 9.17) is 10.5 Å². The van der Waals surface area contributed by atoms with Crippen LogP contribution in [0.3, 0.4) is 0 Å². The zero-order valence-corrected chi connectivity index (χ0v) is 11.0. The Hall–Kier alpha value is -1.55. The Morgan fingerprint density at radius 2 is 2.22 bits per heavy atom. The summed E-state index contributed by atoms with van der Waals surface area (Å²) >= 11 is 0. The number of anilines is 1. The molecule has 0 heterocycles. The second-order valence-corrected chi connectivity index (χ2v) is 5.34. The molecule has 0 saturated heterocycles. The van der Waals surface area contributed by atoms with Crippen molar-refractivity contribution in [3.63, 3.8) is 0 Å². The third kappa shape index (κ3) is 5.19. The molecule has 6 heteroatoms. The number of methoxy groups -OCH3 is 1. The van der Waals surface area contributed by atoms with E-state index >= 15 is 0 Å². The van der Waals surface area contributed by atoms with Crippen LogP contribution in [0.1, 0.15) is 5.56 Å². The van der Waals surface area contributed by atoms with Crippen molar-refractivity contribution in [2.45, 2.75) is 0 Å². The number of rotatable bonds is 5. The van der Waals surface area contributed by atoms with E-state index in [0.717, 1.165) is 0 Å². The van der Waals surface area contributed by atoms with E-state index in [2.05, 4.69) is 16.6 Å². The molecular formula is C12H16N2O3S. The Morgan fingerprint density at radius 1 is 1.44 bits per heavy atom. The molecule has 0 aliphatic rings. The molecule has 0 radical (unpaired) electrons. The first-order chi connectivity index (χ1) is 8.57. The van der Waals surface area contributed by atoms with Crippen LogP contribution in [0, 0.1) is 11.8 Å². The summed E-state index contributed by atoms with van der Waals surface area (Å²) in [4.78, 5) is 0. The van der Waals surface area contributed by atoms with Crippen LogP contribution in [-0.4, -0.2) is 34.4 Å². The SMILES string of the molecule is COCCS(=O)(=O)Nc1cccc(C#CCN)c1. The Kier molecular flexibility index (Phi) is 5.65. The minimum atomic E-state index is -3.38. The lowest BCUT2D eigenvalue weighted by Crippen LogP contribution is -2.19. The lowest BCUT2D eigenvalue weighted by molar-refractivity contribution is 0.217. The third-order valence-corrected chi connectivity index (χ3v) is 3.28. The van der Waals surface area contributed by atoms with E-state index in [-0.39, 0.29) is 18.9 Å². The summed E-state index contributed by atoms with van der Waals surface area (Å²) in [5.74, 6) is 5.47. The van der Waals surface area contributed by atoms with E-state index in [1.54, 1.807) is 24.3 Å². The molecule has 0 aliphatic carbocycles. The molecule has 0 unspecified atom stereocenters. The van der Waals surface area contributed by atoms with E-state index in [9.17, 15) is 8.42 Å². The highest BCUT2D eigenvalue weighted by atomic mass is 32.2. The molecular weight excluding hydrogens is 252 g/mol. The topological polar surface area (TPSA) is 81.4 Å². The molecule has 5 nitrogen and oxygen atoms in total. The fraction of sp³-hybridized carbons (Fsp3) is 0.333. The number of ether oxygens (including phenoxy) is 1. The van der Waals surface area contributed by atoms with E-state index in [0.29, 0.717) is 11.3 Å². The minimum Gasteiger partial charge on any atom is -0.384 e. The first-order valence-electron chi connectivity index (χ1n) is 5.36. The smallest absolute Gasteiger partial charge is 0.234 e. The normalized spacial score (nSPS) is 10.6. The van der Waals surface area contributed by atoms with Gasteiger partial charge in [-0.15, -0.1) is 0 Å². The van der Waals surface area contributed by atoms with Gasteiger partial charge in [-0.1, -0.05) is 17.9 Å². The van der Waals surface area contributed by atoms with Gasteiger partial charge in [0.05, 0.1) is 18.9 Å². The molecule has 3 N–H and O–H groups in total. The van der Waals surface area contributed by atoms with Crippen molar-refractivity contribution in [1.82, 2.24) is 0 Å². The Labute approximate surface area is 107 Å². The summed E-state index contributed by atoms with van der Waals surface area (Å²) < 4.78 is 30.5. The molecule has 1 aromatic carbocycles. The van der Waals surface area contributed by atoms with Crippen LogP contribution in [0.5, 0.6) is 0 Å². The van der Waals surface area contributed by atoms with Gasteiger partial charge >= 0.3 is 0 Å². The molecule has 0 spiro atoms. The highest BCUT2D eigenvalue weighted by Crippen LogP contribution is 2.11. The van der Waals surface area contributed by atoms with Crippen LogP contribution in [-0.2, 0) is 14.8 Å². The highest BCUT2D eigenvalue weighted by Gasteiger charge is 2.09. The van der Waals surface area contributed by atoms with Crippen LogP contribution < -0.4 is 10.5 Å². The largest absolute Gasteiger partial charge is 0.384 e. The maximum Gasteiger partial charge on any atom is 0.234 e. The van der Waals surface area contributed by atoms with Crippen LogP contribution in [0.4, 0.5) is 5.69 Å². The van der Waals surface area contributed by atoms with Gasteiger partial charge < -0.3 is 10.5 Å². The lowest BCUT2D eigenvalue weighted by atomic mass is 10.2.